The maximum absolute atomic E-state index is 6.35. The fourth-order valence-electron chi connectivity index (χ4n) is 1.94. The lowest BCUT2D eigenvalue weighted by Gasteiger charge is -2.17. The Balaban J connectivity index is 2.38. The number of nitrogens with two attached hydrogens (primary N) is 1. The van der Waals surface area contributed by atoms with Crippen molar-refractivity contribution in [3.63, 3.8) is 0 Å². The van der Waals surface area contributed by atoms with Crippen molar-refractivity contribution in [3.05, 3.63) is 61.5 Å². The Morgan fingerprint density at radius 1 is 1.10 bits per heavy atom. The Bertz CT molecular complexity index is 619. The van der Waals surface area contributed by atoms with Gasteiger partial charge in [0.2, 0.25) is 0 Å². The average Bonchev–Trinajstić information content (AvgIpc) is 2.41. The molecule has 0 saturated carbocycles. The molecule has 0 saturated heterocycles. The molecular formula is C15H14Br2ClNO. The van der Waals surface area contributed by atoms with Crippen LogP contribution in [0.1, 0.15) is 24.1 Å². The molecule has 0 heterocycles. The Hall–Kier alpha value is -0.550. The first kappa shape index (κ1) is 15.8. The third-order valence-corrected chi connectivity index (χ3v) is 4.56. The van der Waals surface area contributed by atoms with Crippen LogP contribution in [0.3, 0.4) is 0 Å². The molecule has 0 aliphatic carbocycles. The Kier molecular flexibility index (Phi) is 5.49. The van der Waals surface area contributed by atoms with E-state index in [1.54, 1.807) is 0 Å². The van der Waals surface area contributed by atoms with Crippen molar-refractivity contribution >= 4 is 43.5 Å². The molecule has 0 aromatic heterocycles. The fraction of sp³-hybridized carbons (Fsp3) is 0.200. The summed E-state index contributed by atoms with van der Waals surface area (Å²) < 4.78 is 7.33. The molecule has 2 N–H and O–H groups in total. The van der Waals surface area contributed by atoms with Crippen LogP contribution >= 0.6 is 43.5 Å². The summed E-state index contributed by atoms with van der Waals surface area (Å²) >= 11 is 13.1. The zero-order valence-electron chi connectivity index (χ0n) is 10.9. The lowest BCUT2D eigenvalue weighted by Crippen LogP contribution is -2.13. The molecule has 20 heavy (non-hydrogen) atoms. The number of hydrogen-bond acceptors (Lipinski definition) is 2. The number of rotatable bonds is 4. The van der Waals surface area contributed by atoms with E-state index in [9.17, 15) is 0 Å². The highest BCUT2D eigenvalue weighted by atomic mass is 79.9. The molecule has 2 aromatic carbocycles. The summed E-state index contributed by atoms with van der Waals surface area (Å²) in [4.78, 5) is 0. The summed E-state index contributed by atoms with van der Waals surface area (Å²) in [6.07, 6.45) is 0. The van der Waals surface area contributed by atoms with Crippen LogP contribution in [0.4, 0.5) is 0 Å². The van der Waals surface area contributed by atoms with Crippen molar-refractivity contribution in [2.45, 2.75) is 13.0 Å². The van der Waals surface area contributed by atoms with Crippen LogP contribution in [0.2, 0.25) is 5.02 Å². The monoisotopic (exact) mass is 417 g/mol. The molecule has 0 fully saturated rings. The molecule has 0 aliphatic heterocycles. The molecule has 0 bridgehead atoms. The second kappa shape index (κ2) is 6.94. The van der Waals surface area contributed by atoms with Crippen molar-refractivity contribution in [1.82, 2.24) is 0 Å². The lowest BCUT2D eigenvalue weighted by atomic mass is 9.99. The van der Waals surface area contributed by atoms with Gasteiger partial charge in [-0.2, -0.15) is 0 Å². The highest BCUT2D eigenvalue weighted by Gasteiger charge is 2.16. The second-order valence-electron chi connectivity index (χ2n) is 4.26. The van der Waals surface area contributed by atoms with Crippen molar-refractivity contribution in [2.75, 3.05) is 6.61 Å². The first-order chi connectivity index (χ1) is 9.52. The number of benzene rings is 2. The molecule has 106 valence electrons. The van der Waals surface area contributed by atoms with E-state index in [4.69, 9.17) is 22.1 Å². The molecule has 0 radical (unpaired) electrons. The molecule has 1 unspecified atom stereocenters. The van der Waals surface area contributed by atoms with E-state index in [0.29, 0.717) is 11.6 Å². The quantitative estimate of drug-likeness (QED) is 0.729. The van der Waals surface area contributed by atoms with Gasteiger partial charge in [0.05, 0.1) is 12.6 Å². The van der Waals surface area contributed by atoms with Gasteiger partial charge in [-0.15, -0.1) is 0 Å². The Labute approximate surface area is 140 Å². The van der Waals surface area contributed by atoms with Gasteiger partial charge in [-0.05, 0) is 48.4 Å². The van der Waals surface area contributed by atoms with E-state index in [2.05, 4.69) is 31.9 Å². The van der Waals surface area contributed by atoms with Crippen molar-refractivity contribution in [3.8, 4) is 5.75 Å². The zero-order chi connectivity index (χ0) is 14.7. The van der Waals surface area contributed by atoms with Crippen LogP contribution in [0.25, 0.3) is 0 Å². The van der Waals surface area contributed by atoms with Crippen LogP contribution in [-0.2, 0) is 0 Å². The number of halogens is 3. The second-order valence-corrected chi connectivity index (χ2v) is 6.40. The largest absolute Gasteiger partial charge is 0.494 e. The molecule has 5 heteroatoms. The predicted molar refractivity (Wildman–Crippen MR) is 90.5 cm³/mol. The van der Waals surface area contributed by atoms with Gasteiger partial charge in [-0.3, -0.25) is 0 Å². The third-order valence-electron chi connectivity index (χ3n) is 2.91. The minimum atomic E-state index is -0.270. The smallest absolute Gasteiger partial charge is 0.120 e. The summed E-state index contributed by atoms with van der Waals surface area (Å²) in [5.74, 6) is 0.820. The topological polar surface area (TPSA) is 35.2 Å². The van der Waals surface area contributed by atoms with E-state index >= 15 is 0 Å². The number of hydrogen-bond donors (Lipinski definition) is 1. The van der Waals surface area contributed by atoms with Gasteiger partial charge in [0.25, 0.3) is 0 Å². The Morgan fingerprint density at radius 2 is 1.85 bits per heavy atom. The third kappa shape index (κ3) is 3.55. The van der Waals surface area contributed by atoms with E-state index in [0.717, 1.165) is 25.8 Å². The number of ether oxygens (including phenoxy) is 1. The van der Waals surface area contributed by atoms with Gasteiger partial charge in [-0.25, -0.2) is 0 Å². The average molecular weight is 420 g/mol. The lowest BCUT2D eigenvalue weighted by molar-refractivity contribution is 0.340. The van der Waals surface area contributed by atoms with E-state index in [1.165, 1.54) is 0 Å². The first-order valence-corrected chi connectivity index (χ1v) is 8.12. The Morgan fingerprint density at radius 3 is 2.50 bits per heavy atom. The normalized spacial score (nSPS) is 12.2. The maximum Gasteiger partial charge on any atom is 0.120 e. The van der Waals surface area contributed by atoms with Gasteiger partial charge in [0, 0.05) is 14.0 Å². The molecule has 2 aromatic rings. The van der Waals surface area contributed by atoms with E-state index < -0.39 is 0 Å². The maximum atomic E-state index is 6.35. The molecule has 2 nitrogen and oxygen atoms in total. The molecule has 2 rings (SSSR count). The zero-order valence-corrected chi connectivity index (χ0v) is 14.8. The summed E-state index contributed by atoms with van der Waals surface area (Å²) in [6.45, 7) is 2.59. The highest BCUT2D eigenvalue weighted by Crippen LogP contribution is 2.34. The summed E-state index contributed by atoms with van der Waals surface area (Å²) in [5, 5.41) is 0.667. The van der Waals surface area contributed by atoms with Gasteiger partial charge < -0.3 is 10.5 Å². The minimum absolute atomic E-state index is 0.270. The molecular weight excluding hydrogens is 405 g/mol. The first-order valence-electron chi connectivity index (χ1n) is 6.15. The fourth-order valence-corrected chi connectivity index (χ4v) is 3.22. The SMILES string of the molecule is CCOc1ccc(C(N)c2cc(Cl)ccc2Br)c(Br)c1. The van der Waals surface area contributed by atoms with Crippen LogP contribution in [-0.4, -0.2) is 6.61 Å². The van der Waals surface area contributed by atoms with Gasteiger partial charge in [-0.1, -0.05) is 49.5 Å². The minimum Gasteiger partial charge on any atom is -0.494 e. The standard InChI is InChI=1S/C15H14Br2ClNO/c1-2-20-10-4-5-11(14(17)8-10)15(19)12-7-9(18)3-6-13(12)16/h3-8,15H,2,19H2,1H3. The van der Waals surface area contributed by atoms with E-state index in [-0.39, 0.29) is 6.04 Å². The van der Waals surface area contributed by atoms with Gasteiger partial charge >= 0.3 is 0 Å². The summed E-state index contributed by atoms with van der Waals surface area (Å²) in [7, 11) is 0. The van der Waals surface area contributed by atoms with Crippen LogP contribution in [0.15, 0.2) is 45.3 Å². The van der Waals surface area contributed by atoms with Gasteiger partial charge in [0.1, 0.15) is 5.75 Å². The molecule has 1 atom stereocenters. The van der Waals surface area contributed by atoms with Crippen molar-refractivity contribution in [1.29, 1.82) is 0 Å². The van der Waals surface area contributed by atoms with E-state index in [1.807, 2.05) is 43.3 Å². The van der Waals surface area contributed by atoms with Crippen molar-refractivity contribution < 1.29 is 4.74 Å². The highest BCUT2D eigenvalue weighted by molar-refractivity contribution is 9.10. The van der Waals surface area contributed by atoms with Crippen LogP contribution in [0, 0.1) is 0 Å². The molecule has 0 amide bonds. The molecule has 0 aliphatic rings. The summed E-state index contributed by atoms with van der Waals surface area (Å²) in [6, 6.07) is 11.1. The van der Waals surface area contributed by atoms with Crippen molar-refractivity contribution in [2.24, 2.45) is 5.73 Å². The van der Waals surface area contributed by atoms with Gasteiger partial charge in [0.15, 0.2) is 0 Å². The molecule has 0 spiro atoms. The van der Waals surface area contributed by atoms with Crippen LogP contribution < -0.4 is 10.5 Å². The summed E-state index contributed by atoms with van der Waals surface area (Å²) in [5.41, 5.74) is 8.28. The predicted octanol–water partition coefficient (Wildman–Crippen LogP) is 5.31. The van der Waals surface area contributed by atoms with Crippen LogP contribution in [0.5, 0.6) is 5.75 Å².